The van der Waals surface area contributed by atoms with E-state index in [-0.39, 0.29) is 28.2 Å². The van der Waals surface area contributed by atoms with E-state index in [9.17, 15) is 18.0 Å². The number of thioether (sulfide) groups is 1. The van der Waals surface area contributed by atoms with Crippen LogP contribution >= 0.6 is 11.8 Å². The number of rotatable bonds is 7. The molecule has 0 spiro atoms. The molecule has 2 N–H and O–H groups in total. The topological polar surface area (TPSA) is 111 Å². The summed E-state index contributed by atoms with van der Waals surface area (Å²) >= 11 is 1.52. The third-order valence-electron chi connectivity index (χ3n) is 4.65. The number of hydrogen-bond acceptors (Lipinski definition) is 7. The van der Waals surface area contributed by atoms with Crippen molar-refractivity contribution in [1.29, 1.82) is 0 Å². The predicted molar refractivity (Wildman–Crippen MR) is 120 cm³/mol. The van der Waals surface area contributed by atoms with Gasteiger partial charge in [-0.1, -0.05) is 6.92 Å². The molecule has 0 unspecified atom stereocenters. The molecule has 166 valence electrons. The summed E-state index contributed by atoms with van der Waals surface area (Å²) in [6, 6.07) is 9.55. The molecule has 1 aliphatic rings. The number of carbonyl (C=O) groups excluding carboxylic acids is 2. The number of ether oxygens (including phenoxy) is 2. The van der Waals surface area contributed by atoms with E-state index in [2.05, 4.69) is 10.6 Å². The van der Waals surface area contributed by atoms with E-state index in [0.29, 0.717) is 29.3 Å². The summed E-state index contributed by atoms with van der Waals surface area (Å²) in [5.41, 5.74) is 0.953. The van der Waals surface area contributed by atoms with Crippen LogP contribution in [0.4, 0.5) is 11.4 Å². The number of methoxy groups -OCH3 is 2. The van der Waals surface area contributed by atoms with Crippen LogP contribution in [0, 0.1) is 0 Å². The Balaban J connectivity index is 1.67. The van der Waals surface area contributed by atoms with E-state index < -0.39 is 15.7 Å². The van der Waals surface area contributed by atoms with Gasteiger partial charge < -0.3 is 20.1 Å². The number of amides is 2. The zero-order valence-electron chi connectivity index (χ0n) is 17.4. The lowest BCUT2D eigenvalue weighted by Crippen LogP contribution is -2.18. The maximum absolute atomic E-state index is 12.8. The Kier molecular flexibility index (Phi) is 7.11. The predicted octanol–water partition coefficient (Wildman–Crippen LogP) is 3.33. The van der Waals surface area contributed by atoms with Gasteiger partial charge in [-0.25, -0.2) is 8.42 Å². The summed E-state index contributed by atoms with van der Waals surface area (Å²) in [6.07, 6.45) is 0.143. The highest BCUT2D eigenvalue weighted by atomic mass is 32.2. The average Bonchev–Trinajstić information content (AvgIpc) is 2.87. The SMILES string of the molecule is COc1ccc(NC(=O)CCS(=O)(=O)c2ccc3c(c2)NC(=O)C[C@H](C)S3)cc1OC. The molecule has 0 fully saturated rings. The molecule has 0 radical (unpaired) electrons. The van der Waals surface area contributed by atoms with Crippen molar-refractivity contribution in [2.45, 2.75) is 34.8 Å². The van der Waals surface area contributed by atoms with Crippen molar-refractivity contribution in [1.82, 2.24) is 0 Å². The molecule has 0 aliphatic carbocycles. The molecule has 2 aromatic rings. The Morgan fingerprint density at radius 2 is 1.90 bits per heavy atom. The molecule has 1 aliphatic heterocycles. The van der Waals surface area contributed by atoms with Gasteiger partial charge in [-0.3, -0.25) is 9.59 Å². The van der Waals surface area contributed by atoms with Gasteiger partial charge in [0.25, 0.3) is 0 Å². The van der Waals surface area contributed by atoms with Crippen molar-refractivity contribution >= 4 is 44.8 Å². The molecule has 0 bridgehead atoms. The normalized spacial score (nSPS) is 16.0. The first-order valence-electron chi connectivity index (χ1n) is 9.57. The van der Waals surface area contributed by atoms with Crippen molar-refractivity contribution < 1.29 is 27.5 Å². The van der Waals surface area contributed by atoms with Crippen LogP contribution in [0.2, 0.25) is 0 Å². The van der Waals surface area contributed by atoms with Gasteiger partial charge in [0, 0.05) is 34.7 Å². The minimum atomic E-state index is -3.71. The Labute approximate surface area is 185 Å². The molecule has 0 saturated heterocycles. The standard InChI is InChI=1S/C21H24N2O6S2/c1-13-10-21(25)23-16-12-15(5-7-19(16)30-13)31(26,27)9-8-20(24)22-14-4-6-17(28-2)18(11-14)29-3/h4-7,11-13H,8-10H2,1-3H3,(H,22,24)(H,23,25)/t13-/m0/s1. The molecule has 2 amide bonds. The van der Waals surface area contributed by atoms with Gasteiger partial charge in [0.1, 0.15) is 0 Å². The summed E-state index contributed by atoms with van der Waals surface area (Å²) in [5, 5.41) is 5.52. The lowest BCUT2D eigenvalue weighted by molar-refractivity contribution is -0.116. The Bertz CT molecular complexity index is 1100. The summed E-state index contributed by atoms with van der Waals surface area (Å²) in [7, 11) is -0.721. The van der Waals surface area contributed by atoms with E-state index in [4.69, 9.17) is 9.47 Å². The van der Waals surface area contributed by atoms with Crippen LogP contribution in [0.1, 0.15) is 19.8 Å². The average molecular weight is 465 g/mol. The van der Waals surface area contributed by atoms with Crippen LogP contribution in [0.15, 0.2) is 46.2 Å². The molecule has 0 aromatic heterocycles. The molecule has 31 heavy (non-hydrogen) atoms. The minimum absolute atomic E-state index is 0.0700. The maximum Gasteiger partial charge on any atom is 0.225 e. The first-order valence-corrected chi connectivity index (χ1v) is 12.1. The largest absolute Gasteiger partial charge is 0.493 e. The number of sulfone groups is 1. The van der Waals surface area contributed by atoms with Crippen LogP contribution < -0.4 is 20.1 Å². The molecule has 10 heteroatoms. The van der Waals surface area contributed by atoms with Crippen molar-refractivity contribution in [3.63, 3.8) is 0 Å². The van der Waals surface area contributed by atoms with Gasteiger partial charge in [-0.05, 0) is 30.3 Å². The molecule has 1 atom stereocenters. The molecule has 3 rings (SSSR count). The maximum atomic E-state index is 12.8. The van der Waals surface area contributed by atoms with Crippen molar-refractivity contribution in [3.8, 4) is 11.5 Å². The summed E-state index contributed by atoms with van der Waals surface area (Å²) < 4.78 is 35.9. The first kappa shape index (κ1) is 23.0. The van der Waals surface area contributed by atoms with Gasteiger partial charge in [-0.2, -0.15) is 0 Å². The Morgan fingerprint density at radius 3 is 2.61 bits per heavy atom. The lowest BCUT2D eigenvalue weighted by Gasteiger charge is -2.12. The Morgan fingerprint density at radius 1 is 1.16 bits per heavy atom. The summed E-state index contributed by atoms with van der Waals surface area (Å²) in [4.78, 5) is 25.1. The first-order chi connectivity index (χ1) is 14.7. The molecular weight excluding hydrogens is 440 g/mol. The van der Waals surface area contributed by atoms with Gasteiger partial charge in [-0.15, -0.1) is 11.8 Å². The number of anilines is 2. The van der Waals surface area contributed by atoms with E-state index in [1.165, 1.54) is 38.1 Å². The molecule has 2 aromatic carbocycles. The van der Waals surface area contributed by atoms with Gasteiger partial charge in [0.05, 0.1) is 30.6 Å². The van der Waals surface area contributed by atoms with Crippen LogP contribution in [-0.2, 0) is 19.4 Å². The Hall–Kier alpha value is -2.72. The highest BCUT2D eigenvalue weighted by Gasteiger charge is 2.23. The molecule has 8 nitrogen and oxygen atoms in total. The second-order valence-electron chi connectivity index (χ2n) is 7.03. The van der Waals surface area contributed by atoms with Crippen LogP contribution in [0.5, 0.6) is 11.5 Å². The molecular formula is C21H24N2O6S2. The lowest BCUT2D eigenvalue weighted by atomic mass is 10.2. The van der Waals surface area contributed by atoms with Gasteiger partial charge in [0.2, 0.25) is 11.8 Å². The van der Waals surface area contributed by atoms with Crippen molar-refractivity contribution in [2.24, 2.45) is 0 Å². The second kappa shape index (κ2) is 9.61. The fourth-order valence-electron chi connectivity index (χ4n) is 3.11. The zero-order valence-corrected chi connectivity index (χ0v) is 19.1. The highest BCUT2D eigenvalue weighted by molar-refractivity contribution is 8.00. The monoisotopic (exact) mass is 464 g/mol. The molecule has 1 heterocycles. The highest BCUT2D eigenvalue weighted by Crippen LogP contribution is 2.36. The van der Waals surface area contributed by atoms with Crippen molar-refractivity contribution in [2.75, 3.05) is 30.6 Å². The van der Waals surface area contributed by atoms with Crippen LogP contribution in [0.25, 0.3) is 0 Å². The quantitative estimate of drug-likeness (QED) is 0.647. The fraction of sp³-hybridized carbons (Fsp3) is 0.333. The zero-order chi connectivity index (χ0) is 22.6. The third kappa shape index (κ3) is 5.71. The number of carbonyl (C=O) groups is 2. The van der Waals surface area contributed by atoms with E-state index in [0.717, 1.165) is 4.90 Å². The van der Waals surface area contributed by atoms with Gasteiger partial charge in [0.15, 0.2) is 21.3 Å². The van der Waals surface area contributed by atoms with Crippen LogP contribution in [0.3, 0.4) is 0 Å². The van der Waals surface area contributed by atoms with E-state index in [1.807, 2.05) is 6.92 Å². The summed E-state index contributed by atoms with van der Waals surface area (Å²) in [5.74, 6) is 0.0199. The van der Waals surface area contributed by atoms with Crippen LogP contribution in [-0.4, -0.2) is 45.5 Å². The van der Waals surface area contributed by atoms with E-state index in [1.54, 1.807) is 24.3 Å². The number of nitrogens with one attached hydrogen (secondary N) is 2. The van der Waals surface area contributed by atoms with Gasteiger partial charge >= 0.3 is 0 Å². The summed E-state index contributed by atoms with van der Waals surface area (Å²) in [6.45, 7) is 1.95. The number of hydrogen-bond donors (Lipinski definition) is 2. The minimum Gasteiger partial charge on any atom is -0.493 e. The smallest absolute Gasteiger partial charge is 0.225 e. The number of fused-ring (bicyclic) bond motifs is 1. The fourth-order valence-corrected chi connectivity index (χ4v) is 5.42. The van der Waals surface area contributed by atoms with Crippen molar-refractivity contribution in [3.05, 3.63) is 36.4 Å². The van der Waals surface area contributed by atoms with E-state index >= 15 is 0 Å². The molecule has 0 saturated carbocycles. The second-order valence-corrected chi connectivity index (χ2v) is 10.6. The number of benzene rings is 2. The third-order valence-corrected chi connectivity index (χ3v) is 7.54.